The SMILES string of the molecule is COC(=O)CSc1nc2cc(Cl)ccc2c(=O)n1-c1cccc(C)c1. The third kappa shape index (κ3) is 3.70. The van der Waals surface area contributed by atoms with Gasteiger partial charge in [-0.05, 0) is 42.8 Å². The predicted octanol–water partition coefficient (Wildman–Crippen LogP) is 3.61. The van der Waals surface area contributed by atoms with Crippen molar-refractivity contribution in [2.45, 2.75) is 12.1 Å². The maximum absolute atomic E-state index is 13.0. The van der Waals surface area contributed by atoms with E-state index in [1.54, 1.807) is 18.2 Å². The summed E-state index contributed by atoms with van der Waals surface area (Å²) in [5.74, 6) is -0.331. The summed E-state index contributed by atoms with van der Waals surface area (Å²) in [7, 11) is 1.32. The summed E-state index contributed by atoms with van der Waals surface area (Å²) >= 11 is 7.17. The quantitative estimate of drug-likeness (QED) is 0.396. The van der Waals surface area contributed by atoms with Gasteiger partial charge in [0.05, 0.1) is 29.5 Å². The summed E-state index contributed by atoms with van der Waals surface area (Å²) in [5, 5.41) is 1.38. The van der Waals surface area contributed by atoms with Crippen molar-refractivity contribution in [1.82, 2.24) is 9.55 Å². The Kier molecular flexibility index (Phi) is 5.11. The van der Waals surface area contributed by atoms with Crippen molar-refractivity contribution in [1.29, 1.82) is 0 Å². The van der Waals surface area contributed by atoms with Gasteiger partial charge >= 0.3 is 5.97 Å². The number of nitrogens with zero attached hydrogens (tertiary/aromatic N) is 2. The molecule has 3 rings (SSSR count). The molecule has 5 nitrogen and oxygen atoms in total. The molecule has 0 aliphatic heterocycles. The third-order valence-corrected chi connectivity index (χ3v) is 4.75. The number of fused-ring (bicyclic) bond motifs is 1. The lowest BCUT2D eigenvalue weighted by molar-refractivity contribution is -0.137. The molecular formula is C18H15ClN2O3S. The molecule has 1 aromatic heterocycles. The lowest BCUT2D eigenvalue weighted by Crippen LogP contribution is -2.22. The maximum atomic E-state index is 13.0. The summed E-state index contributed by atoms with van der Waals surface area (Å²) in [6, 6.07) is 12.5. The van der Waals surface area contributed by atoms with Gasteiger partial charge in [-0.3, -0.25) is 14.2 Å². The summed E-state index contributed by atoms with van der Waals surface area (Å²) in [5.41, 5.74) is 2.00. The molecule has 0 N–H and O–H groups in total. The van der Waals surface area contributed by atoms with E-state index in [2.05, 4.69) is 9.72 Å². The molecule has 0 unspecified atom stereocenters. The molecule has 0 spiro atoms. The average Bonchev–Trinajstić information content (AvgIpc) is 2.59. The van der Waals surface area contributed by atoms with Crippen LogP contribution in [0.25, 0.3) is 16.6 Å². The van der Waals surface area contributed by atoms with Gasteiger partial charge in [0.25, 0.3) is 5.56 Å². The van der Waals surface area contributed by atoms with E-state index in [0.717, 1.165) is 17.3 Å². The van der Waals surface area contributed by atoms with Gasteiger partial charge in [0, 0.05) is 5.02 Å². The van der Waals surface area contributed by atoms with Crippen LogP contribution in [0.4, 0.5) is 0 Å². The van der Waals surface area contributed by atoms with Gasteiger partial charge in [0.2, 0.25) is 0 Å². The number of thioether (sulfide) groups is 1. The zero-order valence-electron chi connectivity index (χ0n) is 13.7. The van der Waals surface area contributed by atoms with Crippen molar-refractivity contribution >= 4 is 40.2 Å². The second kappa shape index (κ2) is 7.29. The van der Waals surface area contributed by atoms with E-state index >= 15 is 0 Å². The lowest BCUT2D eigenvalue weighted by Gasteiger charge is -2.13. The molecule has 0 amide bonds. The number of carbonyl (C=O) groups excluding carboxylic acids is 1. The fourth-order valence-corrected chi connectivity index (χ4v) is 3.42. The predicted molar refractivity (Wildman–Crippen MR) is 99.8 cm³/mol. The number of aromatic nitrogens is 2. The topological polar surface area (TPSA) is 61.2 Å². The number of hydrogen-bond donors (Lipinski definition) is 0. The van der Waals surface area contributed by atoms with E-state index in [0.29, 0.717) is 26.8 Å². The molecule has 0 fully saturated rings. The highest BCUT2D eigenvalue weighted by molar-refractivity contribution is 7.99. The number of esters is 1. The first kappa shape index (κ1) is 17.5. The Morgan fingerprint density at radius 1 is 1.28 bits per heavy atom. The van der Waals surface area contributed by atoms with Crippen molar-refractivity contribution in [3.63, 3.8) is 0 Å². The van der Waals surface area contributed by atoms with Crippen LogP contribution >= 0.6 is 23.4 Å². The first-order chi connectivity index (χ1) is 12.0. The molecule has 128 valence electrons. The summed E-state index contributed by atoms with van der Waals surface area (Å²) < 4.78 is 6.19. The van der Waals surface area contributed by atoms with Gasteiger partial charge in [-0.1, -0.05) is 35.5 Å². The van der Waals surface area contributed by atoms with Crippen molar-refractivity contribution in [3.8, 4) is 5.69 Å². The first-order valence-electron chi connectivity index (χ1n) is 7.48. The van der Waals surface area contributed by atoms with Gasteiger partial charge < -0.3 is 4.74 Å². The van der Waals surface area contributed by atoms with Crippen LogP contribution in [0.2, 0.25) is 5.02 Å². The summed E-state index contributed by atoms with van der Waals surface area (Å²) in [4.78, 5) is 29.1. The molecule has 0 saturated carbocycles. The highest BCUT2D eigenvalue weighted by atomic mass is 35.5. The Hall–Kier alpha value is -2.31. The van der Waals surface area contributed by atoms with Gasteiger partial charge in [-0.25, -0.2) is 4.98 Å². The highest BCUT2D eigenvalue weighted by Crippen LogP contribution is 2.23. The van der Waals surface area contributed by atoms with Crippen LogP contribution in [-0.2, 0) is 9.53 Å². The molecule has 1 heterocycles. The molecule has 0 aliphatic carbocycles. The van der Waals surface area contributed by atoms with Gasteiger partial charge in [0.1, 0.15) is 0 Å². The zero-order valence-corrected chi connectivity index (χ0v) is 15.2. The smallest absolute Gasteiger partial charge is 0.316 e. The van der Waals surface area contributed by atoms with Crippen LogP contribution in [-0.4, -0.2) is 28.4 Å². The van der Waals surface area contributed by atoms with Gasteiger partial charge in [-0.2, -0.15) is 0 Å². The number of aryl methyl sites for hydroxylation is 1. The summed E-state index contributed by atoms with van der Waals surface area (Å²) in [6.07, 6.45) is 0. The van der Waals surface area contributed by atoms with E-state index in [9.17, 15) is 9.59 Å². The monoisotopic (exact) mass is 374 g/mol. The van der Waals surface area contributed by atoms with Crippen molar-refractivity contribution in [2.75, 3.05) is 12.9 Å². The van der Waals surface area contributed by atoms with E-state index in [1.165, 1.54) is 11.7 Å². The van der Waals surface area contributed by atoms with Crippen molar-refractivity contribution < 1.29 is 9.53 Å². The standard InChI is InChI=1S/C18H15ClN2O3S/c1-11-4-3-5-13(8-11)21-17(23)14-7-6-12(19)9-15(14)20-18(21)25-10-16(22)24-2/h3-9H,10H2,1-2H3. The van der Waals surface area contributed by atoms with Gasteiger partial charge in [0.15, 0.2) is 5.16 Å². The first-order valence-corrected chi connectivity index (χ1v) is 8.85. The van der Waals surface area contributed by atoms with Gasteiger partial charge in [-0.15, -0.1) is 0 Å². The fourth-order valence-electron chi connectivity index (χ4n) is 2.41. The van der Waals surface area contributed by atoms with Crippen LogP contribution in [0.15, 0.2) is 52.4 Å². The van der Waals surface area contributed by atoms with Crippen molar-refractivity contribution in [2.24, 2.45) is 0 Å². The fraction of sp³-hybridized carbons (Fsp3) is 0.167. The average molecular weight is 375 g/mol. The Balaban J connectivity index is 2.24. The highest BCUT2D eigenvalue weighted by Gasteiger charge is 2.15. The number of methoxy groups -OCH3 is 1. The minimum Gasteiger partial charge on any atom is -0.468 e. The van der Waals surface area contributed by atoms with E-state index < -0.39 is 0 Å². The molecule has 0 saturated heterocycles. The van der Waals surface area contributed by atoms with Crippen LogP contribution in [0.5, 0.6) is 0 Å². The van der Waals surface area contributed by atoms with Crippen LogP contribution in [0, 0.1) is 6.92 Å². The second-order valence-electron chi connectivity index (χ2n) is 5.40. The Morgan fingerprint density at radius 2 is 2.08 bits per heavy atom. The number of carbonyl (C=O) groups is 1. The van der Waals surface area contributed by atoms with Crippen molar-refractivity contribution in [3.05, 3.63) is 63.4 Å². The maximum Gasteiger partial charge on any atom is 0.316 e. The third-order valence-electron chi connectivity index (χ3n) is 3.61. The van der Waals surface area contributed by atoms with Crippen LogP contribution < -0.4 is 5.56 Å². The number of ether oxygens (including phenoxy) is 1. The number of benzene rings is 2. The zero-order chi connectivity index (χ0) is 18.0. The van der Waals surface area contributed by atoms with E-state index in [1.807, 2.05) is 31.2 Å². The molecule has 0 aliphatic rings. The second-order valence-corrected chi connectivity index (χ2v) is 6.78. The molecule has 2 aromatic carbocycles. The molecule has 0 radical (unpaired) electrons. The Labute approximate surface area is 153 Å². The molecular weight excluding hydrogens is 360 g/mol. The molecule has 7 heteroatoms. The Morgan fingerprint density at radius 3 is 2.80 bits per heavy atom. The largest absolute Gasteiger partial charge is 0.468 e. The number of hydrogen-bond acceptors (Lipinski definition) is 5. The van der Waals surface area contributed by atoms with E-state index in [4.69, 9.17) is 11.6 Å². The summed E-state index contributed by atoms with van der Waals surface area (Å²) in [6.45, 7) is 1.95. The minimum absolute atomic E-state index is 0.0564. The molecule has 0 atom stereocenters. The van der Waals surface area contributed by atoms with E-state index in [-0.39, 0.29) is 17.3 Å². The molecule has 3 aromatic rings. The lowest BCUT2D eigenvalue weighted by atomic mass is 10.2. The molecule has 25 heavy (non-hydrogen) atoms. The number of rotatable bonds is 4. The normalized spacial score (nSPS) is 10.8. The minimum atomic E-state index is -0.388. The number of halogens is 1. The van der Waals surface area contributed by atoms with Crippen LogP contribution in [0.1, 0.15) is 5.56 Å². The Bertz CT molecular complexity index is 1020. The molecule has 0 bridgehead atoms. The van der Waals surface area contributed by atoms with Crippen LogP contribution in [0.3, 0.4) is 0 Å².